The molecule has 1 aliphatic heterocycles. The second-order valence-corrected chi connectivity index (χ2v) is 5.04. The standard InChI is InChI=1S/C15H17N3O3/c1-8-12-13(17-16-8)15(19)18(2)14(12)10-6-5-9(20-3)7-11(10)21-4/h5-7,14H,1-4H3,(H,16,17)/t14-/m1/s1. The number of methoxy groups -OCH3 is 2. The minimum absolute atomic E-state index is 0.0859. The van der Waals surface area contributed by atoms with Crippen LogP contribution < -0.4 is 9.47 Å². The SMILES string of the molecule is COc1ccc([C@@H]2c3c(n[nH]c3C)C(=O)N2C)c(OC)c1. The molecule has 1 aromatic heterocycles. The lowest BCUT2D eigenvalue weighted by atomic mass is 9.98. The lowest BCUT2D eigenvalue weighted by molar-refractivity contribution is 0.0786. The van der Waals surface area contributed by atoms with Gasteiger partial charge in [-0.05, 0) is 19.1 Å². The molecule has 0 radical (unpaired) electrons. The molecule has 0 spiro atoms. The van der Waals surface area contributed by atoms with E-state index in [9.17, 15) is 4.79 Å². The summed E-state index contributed by atoms with van der Waals surface area (Å²) in [7, 11) is 4.99. The monoisotopic (exact) mass is 287 g/mol. The Morgan fingerprint density at radius 1 is 1.29 bits per heavy atom. The zero-order valence-electron chi connectivity index (χ0n) is 12.4. The molecule has 0 saturated carbocycles. The van der Waals surface area contributed by atoms with Crippen molar-refractivity contribution in [1.29, 1.82) is 0 Å². The van der Waals surface area contributed by atoms with Gasteiger partial charge in [-0.1, -0.05) is 0 Å². The molecule has 1 N–H and O–H groups in total. The maximum Gasteiger partial charge on any atom is 0.275 e. The highest BCUT2D eigenvalue weighted by atomic mass is 16.5. The quantitative estimate of drug-likeness (QED) is 0.936. The Hall–Kier alpha value is -2.50. The third kappa shape index (κ3) is 1.86. The van der Waals surface area contributed by atoms with Crippen LogP contribution in [0.2, 0.25) is 0 Å². The Morgan fingerprint density at radius 2 is 2.05 bits per heavy atom. The molecule has 6 nitrogen and oxygen atoms in total. The van der Waals surface area contributed by atoms with Crippen molar-refractivity contribution in [2.45, 2.75) is 13.0 Å². The first kappa shape index (κ1) is 13.5. The number of fused-ring (bicyclic) bond motifs is 1. The van der Waals surface area contributed by atoms with E-state index in [0.717, 1.165) is 16.8 Å². The number of ether oxygens (including phenoxy) is 2. The third-order valence-electron chi connectivity index (χ3n) is 3.91. The van der Waals surface area contributed by atoms with E-state index in [-0.39, 0.29) is 11.9 Å². The average Bonchev–Trinajstić information content (AvgIpc) is 2.99. The molecule has 2 aromatic rings. The van der Waals surface area contributed by atoms with Crippen molar-refractivity contribution in [1.82, 2.24) is 15.1 Å². The lowest BCUT2D eigenvalue weighted by Crippen LogP contribution is -2.25. The van der Waals surface area contributed by atoms with E-state index in [1.165, 1.54) is 0 Å². The van der Waals surface area contributed by atoms with Crippen molar-refractivity contribution in [3.63, 3.8) is 0 Å². The van der Waals surface area contributed by atoms with E-state index < -0.39 is 0 Å². The summed E-state index contributed by atoms with van der Waals surface area (Å²) in [5, 5.41) is 7.00. The highest BCUT2D eigenvalue weighted by molar-refractivity contribution is 5.98. The van der Waals surface area contributed by atoms with Gasteiger partial charge >= 0.3 is 0 Å². The van der Waals surface area contributed by atoms with E-state index >= 15 is 0 Å². The number of carbonyl (C=O) groups excluding carboxylic acids is 1. The number of aryl methyl sites for hydroxylation is 1. The van der Waals surface area contributed by atoms with Crippen LogP contribution in [0, 0.1) is 6.92 Å². The Morgan fingerprint density at radius 3 is 2.71 bits per heavy atom. The molecule has 21 heavy (non-hydrogen) atoms. The minimum Gasteiger partial charge on any atom is -0.497 e. The second-order valence-electron chi connectivity index (χ2n) is 5.04. The van der Waals surface area contributed by atoms with Gasteiger partial charge in [-0.3, -0.25) is 9.89 Å². The number of hydrogen-bond acceptors (Lipinski definition) is 4. The summed E-state index contributed by atoms with van der Waals surface area (Å²) in [4.78, 5) is 14.0. The normalized spacial score (nSPS) is 17.0. The topological polar surface area (TPSA) is 67.5 Å². The lowest BCUT2D eigenvalue weighted by Gasteiger charge is -2.23. The highest BCUT2D eigenvalue weighted by Gasteiger charge is 2.40. The second kappa shape index (κ2) is 4.80. The molecule has 0 bridgehead atoms. The van der Waals surface area contributed by atoms with Crippen LogP contribution in [0.5, 0.6) is 11.5 Å². The number of carbonyl (C=O) groups is 1. The van der Waals surface area contributed by atoms with E-state index in [4.69, 9.17) is 9.47 Å². The van der Waals surface area contributed by atoms with Gasteiger partial charge < -0.3 is 14.4 Å². The maximum atomic E-state index is 12.3. The largest absolute Gasteiger partial charge is 0.497 e. The van der Waals surface area contributed by atoms with E-state index in [1.54, 1.807) is 26.2 Å². The van der Waals surface area contributed by atoms with Crippen LogP contribution in [0.25, 0.3) is 0 Å². The number of aromatic amines is 1. The van der Waals surface area contributed by atoms with Crippen LogP contribution in [-0.4, -0.2) is 42.3 Å². The third-order valence-corrected chi connectivity index (χ3v) is 3.91. The Bertz CT molecular complexity index is 708. The van der Waals surface area contributed by atoms with Gasteiger partial charge in [0, 0.05) is 29.9 Å². The van der Waals surface area contributed by atoms with Crippen molar-refractivity contribution in [3.05, 3.63) is 40.7 Å². The van der Waals surface area contributed by atoms with Crippen molar-refractivity contribution in [2.75, 3.05) is 21.3 Å². The molecule has 3 rings (SSSR count). The van der Waals surface area contributed by atoms with Crippen molar-refractivity contribution in [3.8, 4) is 11.5 Å². The smallest absolute Gasteiger partial charge is 0.275 e. The number of benzene rings is 1. The molecule has 1 aliphatic rings. The van der Waals surface area contributed by atoms with Gasteiger partial charge in [0.25, 0.3) is 5.91 Å². The minimum atomic E-state index is -0.202. The number of nitrogens with zero attached hydrogens (tertiary/aromatic N) is 2. The Kier molecular flexibility index (Phi) is 3.08. The average molecular weight is 287 g/mol. The van der Waals surface area contributed by atoms with Crippen LogP contribution in [0.15, 0.2) is 18.2 Å². The number of aromatic nitrogens is 2. The molecule has 0 aliphatic carbocycles. The summed E-state index contributed by atoms with van der Waals surface area (Å²) in [5.74, 6) is 1.32. The number of nitrogens with one attached hydrogen (secondary N) is 1. The van der Waals surface area contributed by atoms with Crippen LogP contribution >= 0.6 is 0 Å². The van der Waals surface area contributed by atoms with Gasteiger partial charge in [-0.25, -0.2) is 0 Å². The van der Waals surface area contributed by atoms with Gasteiger partial charge in [-0.15, -0.1) is 0 Å². The predicted molar refractivity (Wildman–Crippen MR) is 76.8 cm³/mol. The maximum absolute atomic E-state index is 12.3. The first-order valence-electron chi connectivity index (χ1n) is 6.62. The van der Waals surface area contributed by atoms with Gasteiger partial charge in [0.2, 0.25) is 0 Å². The molecule has 1 atom stereocenters. The summed E-state index contributed by atoms with van der Waals surface area (Å²) >= 11 is 0. The number of H-pyrrole nitrogens is 1. The fraction of sp³-hybridized carbons (Fsp3) is 0.333. The Balaban J connectivity index is 2.16. The van der Waals surface area contributed by atoms with Gasteiger partial charge in [0.05, 0.1) is 20.3 Å². The fourth-order valence-electron chi connectivity index (χ4n) is 2.82. The molecule has 0 unspecified atom stereocenters. The molecular weight excluding hydrogens is 270 g/mol. The van der Waals surface area contributed by atoms with Gasteiger partial charge in [0.1, 0.15) is 11.5 Å². The van der Waals surface area contributed by atoms with E-state index in [1.807, 2.05) is 25.1 Å². The molecule has 2 heterocycles. The summed E-state index contributed by atoms with van der Waals surface area (Å²) in [6, 6.07) is 5.41. The number of amides is 1. The zero-order chi connectivity index (χ0) is 15.1. The highest BCUT2D eigenvalue weighted by Crippen LogP contribution is 2.42. The van der Waals surface area contributed by atoms with Crippen LogP contribution in [0.4, 0.5) is 0 Å². The first-order chi connectivity index (χ1) is 10.1. The van der Waals surface area contributed by atoms with Gasteiger partial charge in [0.15, 0.2) is 5.69 Å². The summed E-state index contributed by atoms with van der Waals surface area (Å²) in [5.41, 5.74) is 3.20. The van der Waals surface area contributed by atoms with Crippen molar-refractivity contribution in [2.24, 2.45) is 0 Å². The van der Waals surface area contributed by atoms with Crippen molar-refractivity contribution >= 4 is 5.91 Å². The predicted octanol–water partition coefficient (Wildman–Crippen LogP) is 1.91. The Labute approximate surface area is 122 Å². The van der Waals surface area contributed by atoms with Crippen molar-refractivity contribution < 1.29 is 14.3 Å². The van der Waals surface area contributed by atoms with Crippen LogP contribution in [0.3, 0.4) is 0 Å². The molecule has 1 amide bonds. The van der Waals surface area contributed by atoms with E-state index in [2.05, 4.69) is 10.2 Å². The number of rotatable bonds is 3. The molecular formula is C15H17N3O3. The van der Waals surface area contributed by atoms with Crippen LogP contribution in [0.1, 0.15) is 33.4 Å². The summed E-state index contributed by atoms with van der Waals surface area (Å²) in [6.45, 7) is 1.92. The summed E-state index contributed by atoms with van der Waals surface area (Å²) in [6.07, 6.45) is 0. The first-order valence-corrected chi connectivity index (χ1v) is 6.62. The molecule has 6 heteroatoms. The van der Waals surface area contributed by atoms with Crippen LogP contribution in [-0.2, 0) is 0 Å². The molecule has 0 fully saturated rings. The summed E-state index contributed by atoms with van der Waals surface area (Å²) < 4.78 is 10.7. The zero-order valence-corrected chi connectivity index (χ0v) is 12.4. The van der Waals surface area contributed by atoms with Gasteiger partial charge in [-0.2, -0.15) is 5.10 Å². The molecule has 1 aromatic carbocycles. The van der Waals surface area contributed by atoms with E-state index in [0.29, 0.717) is 17.2 Å². The number of hydrogen-bond donors (Lipinski definition) is 1. The fourth-order valence-corrected chi connectivity index (χ4v) is 2.82. The molecule has 110 valence electrons. The molecule has 0 saturated heterocycles.